The van der Waals surface area contributed by atoms with Gasteiger partial charge in [-0.15, -0.1) is 0 Å². The predicted octanol–water partition coefficient (Wildman–Crippen LogP) is 2.91. The number of benzene rings is 1. The number of aliphatic hydroxyl groups is 1. The Morgan fingerprint density at radius 1 is 1.25 bits per heavy atom. The van der Waals surface area contributed by atoms with Crippen molar-refractivity contribution < 1.29 is 9.90 Å². The highest BCUT2D eigenvalue weighted by molar-refractivity contribution is 5.75. The van der Waals surface area contributed by atoms with Crippen LogP contribution in [0.15, 0.2) is 24.3 Å². The van der Waals surface area contributed by atoms with Crippen LogP contribution >= 0.6 is 0 Å². The van der Waals surface area contributed by atoms with E-state index in [1.54, 1.807) is 0 Å². The maximum atomic E-state index is 12.0. The van der Waals surface area contributed by atoms with Crippen LogP contribution in [0.5, 0.6) is 0 Å². The molecule has 3 N–H and O–H groups in total. The number of nitrogens with one attached hydrogen (secondary N) is 2. The lowest BCUT2D eigenvalue weighted by Crippen LogP contribution is -2.31. The van der Waals surface area contributed by atoms with E-state index in [4.69, 9.17) is 0 Å². The molecule has 0 aromatic heterocycles. The third-order valence-electron chi connectivity index (χ3n) is 4.89. The van der Waals surface area contributed by atoms with Crippen LogP contribution in [0.3, 0.4) is 0 Å². The highest BCUT2D eigenvalue weighted by Gasteiger charge is 2.16. The zero-order valence-electron chi connectivity index (χ0n) is 15.3. The van der Waals surface area contributed by atoms with E-state index < -0.39 is 6.10 Å². The molecule has 0 aliphatic carbocycles. The van der Waals surface area contributed by atoms with E-state index in [0.29, 0.717) is 12.3 Å². The number of rotatable bonds is 6. The summed E-state index contributed by atoms with van der Waals surface area (Å²) in [7, 11) is 0. The quantitative estimate of drug-likeness (QED) is 0.750. The first kappa shape index (κ1) is 18.9. The molecule has 1 amide bonds. The first-order chi connectivity index (χ1) is 11.4. The van der Waals surface area contributed by atoms with E-state index in [1.807, 2.05) is 12.1 Å². The van der Waals surface area contributed by atoms with E-state index in [2.05, 4.69) is 43.5 Å². The van der Waals surface area contributed by atoms with Gasteiger partial charge >= 0.3 is 0 Å². The normalized spacial score (nSPS) is 17.5. The minimum Gasteiger partial charge on any atom is -0.387 e. The zero-order valence-corrected chi connectivity index (χ0v) is 15.3. The molecule has 1 aliphatic rings. The smallest absolute Gasteiger partial charge is 0.220 e. The van der Waals surface area contributed by atoms with E-state index in [-0.39, 0.29) is 17.9 Å². The Balaban J connectivity index is 1.73. The van der Waals surface area contributed by atoms with Crippen molar-refractivity contribution in [3.63, 3.8) is 0 Å². The minimum atomic E-state index is -0.651. The number of hydrogen-bond donors (Lipinski definition) is 3. The third-order valence-corrected chi connectivity index (χ3v) is 4.89. The fourth-order valence-electron chi connectivity index (χ4n) is 3.13. The zero-order chi connectivity index (χ0) is 17.6. The van der Waals surface area contributed by atoms with Crippen LogP contribution in [0.2, 0.25) is 0 Å². The molecule has 1 heterocycles. The van der Waals surface area contributed by atoms with Crippen molar-refractivity contribution in [2.45, 2.75) is 58.0 Å². The number of aliphatic hydroxyl groups excluding tert-OH is 1. The Labute approximate surface area is 146 Å². The molecule has 134 valence electrons. The molecule has 1 atom stereocenters. The summed E-state index contributed by atoms with van der Waals surface area (Å²) in [6.07, 6.45) is 3.18. The molecule has 0 saturated carbocycles. The van der Waals surface area contributed by atoms with Crippen LogP contribution in [0.25, 0.3) is 0 Å². The summed E-state index contributed by atoms with van der Waals surface area (Å²) in [5.74, 6) is 0.700. The van der Waals surface area contributed by atoms with Gasteiger partial charge in [0, 0.05) is 13.0 Å². The van der Waals surface area contributed by atoms with Gasteiger partial charge in [0.15, 0.2) is 0 Å². The van der Waals surface area contributed by atoms with Crippen molar-refractivity contribution in [3.8, 4) is 0 Å². The van der Waals surface area contributed by atoms with Gasteiger partial charge in [-0.25, -0.2) is 0 Å². The van der Waals surface area contributed by atoms with Crippen molar-refractivity contribution in [2.24, 2.45) is 5.92 Å². The summed E-state index contributed by atoms with van der Waals surface area (Å²) < 4.78 is 0. The number of piperidine rings is 1. The van der Waals surface area contributed by atoms with E-state index in [0.717, 1.165) is 37.9 Å². The standard InChI is InChI=1S/C20H32N2O2/c1-20(2,3)17-7-5-16(6-8-17)18(23)14-22-19(24)9-4-15-10-12-21-13-11-15/h5-8,15,18,21,23H,4,9-14H2,1-3H3,(H,22,24). The molecule has 0 bridgehead atoms. The fraction of sp³-hybridized carbons (Fsp3) is 0.650. The molecule has 1 aromatic carbocycles. The van der Waals surface area contributed by atoms with Gasteiger partial charge in [0.25, 0.3) is 0 Å². The largest absolute Gasteiger partial charge is 0.387 e. The van der Waals surface area contributed by atoms with Gasteiger partial charge < -0.3 is 15.7 Å². The molecular formula is C20H32N2O2. The molecule has 1 unspecified atom stereocenters. The maximum Gasteiger partial charge on any atom is 0.220 e. The van der Waals surface area contributed by atoms with Crippen molar-refractivity contribution in [1.82, 2.24) is 10.6 Å². The summed E-state index contributed by atoms with van der Waals surface area (Å²) in [6, 6.07) is 8.01. The summed E-state index contributed by atoms with van der Waals surface area (Å²) in [5, 5.41) is 16.5. The van der Waals surface area contributed by atoms with E-state index >= 15 is 0 Å². The molecule has 2 rings (SSSR count). The van der Waals surface area contributed by atoms with Gasteiger partial charge in [-0.2, -0.15) is 0 Å². The monoisotopic (exact) mass is 332 g/mol. The Hall–Kier alpha value is -1.39. The Morgan fingerprint density at radius 2 is 1.88 bits per heavy atom. The molecular weight excluding hydrogens is 300 g/mol. The van der Waals surface area contributed by atoms with Gasteiger partial charge in [0.1, 0.15) is 0 Å². The van der Waals surface area contributed by atoms with Crippen molar-refractivity contribution in [1.29, 1.82) is 0 Å². The Bertz CT molecular complexity index is 513. The van der Waals surface area contributed by atoms with Crippen LogP contribution in [0.1, 0.15) is 63.7 Å². The summed E-state index contributed by atoms with van der Waals surface area (Å²) >= 11 is 0. The summed E-state index contributed by atoms with van der Waals surface area (Å²) in [6.45, 7) is 8.91. The fourth-order valence-corrected chi connectivity index (χ4v) is 3.13. The molecule has 0 radical (unpaired) electrons. The van der Waals surface area contributed by atoms with Gasteiger partial charge in [-0.05, 0) is 54.8 Å². The SMILES string of the molecule is CC(C)(C)c1ccc(C(O)CNC(=O)CCC2CCNCC2)cc1. The Kier molecular flexibility index (Phi) is 6.81. The van der Waals surface area contributed by atoms with Crippen LogP contribution in [-0.4, -0.2) is 30.6 Å². The first-order valence-corrected chi connectivity index (χ1v) is 9.12. The first-order valence-electron chi connectivity index (χ1n) is 9.12. The lowest BCUT2D eigenvalue weighted by molar-refractivity contribution is -0.121. The molecule has 1 aromatic rings. The predicted molar refractivity (Wildman–Crippen MR) is 97.9 cm³/mol. The molecule has 4 heteroatoms. The molecule has 0 spiro atoms. The summed E-state index contributed by atoms with van der Waals surface area (Å²) in [5.41, 5.74) is 2.19. The van der Waals surface area contributed by atoms with Gasteiger partial charge in [-0.1, -0.05) is 45.0 Å². The van der Waals surface area contributed by atoms with Crippen molar-refractivity contribution in [2.75, 3.05) is 19.6 Å². The van der Waals surface area contributed by atoms with Crippen LogP contribution < -0.4 is 10.6 Å². The van der Waals surface area contributed by atoms with Crippen molar-refractivity contribution >= 4 is 5.91 Å². The van der Waals surface area contributed by atoms with Crippen LogP contribution in [0, 0.1) is 5.92 Å². The second-order valence-corrected chi connectivity index (χ2v) is 7.92. The molecule has 24 heavy (non-hydrogen) atoms. The minimum absolute atomic E-state index is 0.0406. The highest BCUT2D eigenvalue weighted by Crippen LogP contribution is 2.24. The van der Waals surface area contributed by atoms with Gasteiger partial charge in [0.2, 0.25) is 5.91 Å². The second-order valence-electron chi connectivity index (χ2n) is 7.92. The van der Waals surface area contributed by atoms with Crippen LogP contribution in [0.4, 0.5) is 0 Å². The second kappa shape index (κ2) is 8.63. The van der Waals surface area contributed by atoms with E-state index in [9.17, 15) is 9.90 Å². The molecule has 1 fully saturated rings. The highest BCUT2D eigenvalue weighted by atomic mass is 16.3. The van der Waals surface area contributed by atoms with Gasteiger partial charge in [0.05, 0.1) is 6.10 Å². The third kappa shape index (κ3) is 5.91. The molecule has 1 saturated heterocycles. The number of hydrogen-bond acceptors (Lipinski definition) is 3. The van der Waals surface area contributed by atoms with Crippen LogP contribution in [-0.2, 0) is 10.2 Å². The lowest BCUT2D eigenvalue weighted by Gasteiger charge is -2.22. The van der Waals surface area contributed by atoms with E-state index in [1.165, 1.54) is 5.56 Å². The number of carbonyl (C=O) groups excluding carboxylic acids is 1. The van der Waals surface area contributed by atoms with Gasteiger partial charge in [-0.3, -0.25) is 4.79 Å². The lowest BCUT2D eigenvalue weighted by atomic mass is 9.86. The van der Waals surface area contributed by atoms with Crippen molar-refractivity contribution in [3.05, 3.63) is 35.4 Å². The average molecular weight is 332 g/mol. The molecule has 1 aliphatic heterocycles. The average Bonchev–Trinajstić information content (AvgIpc) is 2.58. The topological polar surface area (TPSA) is 61.4 Å². The molecule has 4 nitrogen and oxygen atoms in total. The number of carbonyl (C=O) groups is 1. The number of amides is 1. The Morgan fingerprint density at radius 3 is 2.46 bits per heavy atom. The maximum absolute atomic E-state index is 12.0. The summed E-state index contributed by atoms with van der Waals surface area (Å²) in [4.78, 5) is 12.0.